The molecule has 2 aromatic carbocycles. The molecule has 1 saturated carbocycles. The molecule has 9 nitrogen and oxygen atoms in total. The maximum Gasteiger partial charge on any atom is 0.246 e. The predicted octanol–water partition coefficient (Wildman–Crippen LogP) is 4.85. The van der Waals surface area contributed by atoms with Crippen LogP contribution in [0.25, 0.3) is 0 Å². The SMILES string of the molecule is COc1ccc(CCN2C(=O)[C@H]3[C@H](C(=O)Nc4ccc(C(C)C)cc4)[C@H]4C=C[C@@]3(O4)[C@@H]2C(=O)N[C@@H]2CCCC[C@H]2C)cc1OC. The van der Waals surface area contributed by atoms with Gasteiger partial charge in [0.05, 0.1) is 32.2 Å². The predicted molar refractivity (Wildman–Crippen MR) is 171 cm³/mol. The highest BCUT2D eigenvalue weighted by molar-refractivity contribution is 6.02. The Bertz CT molecular complexity index is 1470. The number of hydrogen-bond acceptors (Lipinski definition) is 6. The van der Waals surface area contributed by atoms with Crippen LogP contribution in [0.1, 0.15) is 63.5 Å². The standard InChI is InChI=1S/C36H45N3O6/c1-21(2)24-11-13-25(14-12-24)37-33(40)30-28-16-18-36(45-28)31(30)35(42)39(19-17-23-10-15-27(43-4)29(20-23)44-5)32(36)34(41)38-26-9-7-6-8-22(26)3/h10-16,18,20-22,26,28,30-32H,6-9,17,19H2,1-5H3,(H,37,40)(H,38,41)/t22-,26-,28-,30-,31-,32+,36+/m1/s1. The number of nitrogens with zero attached hydrogens (tertiary/aromatic N) is 1. The van der Waals surface area contributed by atoms with E-state index in [4.69, 9.17) is 14.2 Å². The van der Waals surface area contributed by atoms with E-state index in [2.05, 4.69) is 31.4 Å². The van der Waals surface area contributed by atoms with Crippen LogP contribution in [-0.4, -0.2) is 67.2 Å². The molecule has 1 spiro atoms. The maximum absolute atomic E-state index is 14.4. The molecule has 3 amide bonds. The molecule has 2 saturated heterocycles. The van der Waals surface area contributed by atoms with E-state index in [0.717, 1.165) is 31.2 Å². The summed E-state index contributed by atoms with van der Waals surface area (Å²) in [4.78, 5) is 44.1. The minimum Gasteiger partial charge on any atom is -0.493 e. The Hall–Kier alpha value is -3.85. The zero-order chi connectivity index (χ0) is 31.9. The molecule has 6 rings (SSSR count). The molecule has 2 aromatic rings. The molecule has 240 valence electrons. The van der Waals surface area contributed by atoms with Crippen molar-refractivity contribution in [3.63, 3.8) is 0 Å². The van der Waals surface area contributed by atoms with Gasteiger partial charge in [-0.2, -0.15) is 0 Å². The zero-order valence-electron chi connectivity index (χ0n) is 26.9. The average Bonchev–Trinajstić information content (AvgIpc) is 3.68. The van der Waals surface area contributed by atoms with Crippen LogP contribution < -0.4 is 20.1 Å². The molecule has 2 N–H and O–H groups in total. The van der Waals surface area contributed by atoms with Crippen LogP contribution in [-0.2, 0) is 25.5 Å². The molecule has 7 atom stereocenters. The number of carbonyl (C=O) groups excluding carboxylic acids is 3. The first-order valence-corrected chi connectivity index (χ1v) is 16.3. The van der Waals surface area contributed by atoms with Crippen molar-refractivity contribution < 1.29 is 28.6 Å². The van der Waals surface area contributed by atoms with Crippen LogP contribution in [0.2, 0.25) is 0 Å². The number of methoxy groups -OCH3 is 2. The van der Waals surface area contributed by atoms with Crippen molar-refractivity contribution >= 4 is 23.4 Å². The largest absolute Gasteiger partial charge is 0.493 e. The van der Waals surface area contributed by atoms with Crippen molar-refractivity contribution in [1.29, 1.82) is 0 Å². The lowest BCUT2D eigenvalue weighted by Crippen LogP contribution is -2.57. The van der Waals surface area contributed by atoms with Gasteiger partial charge in [0.25, 0.3) is 0 Å². The Kier molecular flexibility index (Phi) is 8.66. The molecule has 0 radical (unpaired) electrons. The lowest BCUT2D eigenvalue weighted by molar-refractivity contribution is -0.141. The molecule has 2 bridgehead atoms. The Morgan fingerprint density at radius 1 is 1.02 bits per heavy atom. The van der Waals surface area contributed by atoms with Crippen LogP contribution in [0, 0.1) is 17.8 Å². The number of hydrogen-bond donors (Lipinski definition) is 2. The van der Waals surface area contributed by atoms with Gasteiger partial charge >= 0.3 is 0 Å². The van der Waals surface area contributed by atoms with E-state index in [0.29, 0.717) is 35.4 Å². The summed E-state index contributed by atoms with van der Waals surface area (Å²) in [6.45, 7) is 6.70. The fourth-order valence-corrected chi connectivity index (χ4v) is 7.76. The summed E-state index contributed by atoms with van der Waals surface area (Å²) in [6.07, 6.45) is 7.83. The molecule has 0 aromatic heterocycles. The number of carbonyl (C=O) groups is 3. The van der Waals surface area contributed by atoms with Crippen LogP contribution in [0.4, 0.5) is 5.69 Å². The van der Waals surface area contributed by atoms with E-state index in [1.165, 1.54) is 5.56 Å². The second-order valence-electron chi connectivity index (χ2n) is 13.3. The minimum absolute atomic E-state index is 0.0417. The molecule has 4 aliphatic rings. The Morgan fingerprint density at radius 3 is 2.44 bits per heavy atom. The van der Waals surface area contributed by atoms with Gasteiger partial charge in [-0.05, 0) is 66.5 Å². The van der Waals surface area contributed by atoms with Crippen LogP contribution >= 0.6 is 0 Å². The lowest BCUT2D eigenvalue weighted by Gasteiger charge is -2.36. The summed E-state index contributed by atoms with van der Waals surface area (Å²) < 4.78 is 17.4. The van der Waals surface area contributed by atoms with Crippen molar-refractivity contribution in [2.75, 3.05) is 26.1 Å². The first-order chi connectivity index (χ1) is 21.7. The first kappa shape index (κ1) is 31.1. The van der Waals surface area contributed by atoms with Crippen molar-refractivity contribution in [3.8, 4) is 11.5 Å². The van der Waals surface area contributed by atoms with E-state index < -0.39 is 29.6 Å². The first-order valence-electron chi connectivity index (χ1n) is 16.3. The number of amides is 3. The number of rotatable bonds is 10. The van der Waals surface area contributed by atoms with E-state index in [1.54, 1.807) is 19.1 Å². The van der Waals surface area contributed by atoms with E-state index in [1.807, 2.05) is 54.6 Å². The topological polar surface area (TPSA) is 106 Å². The maximum atomic E-state index is 14.4. The van der Waals surface area contributed by atoms with Gasteiger partial charge in [-0.25, -0.2) is 0 Å². The van der Waals surface area contributed by atoms with Crippen LogP contribution in [0.5, 0.6) is 11.5 Å². The van der Waals surface area contributed by atoms with Gasteiger partial charge in [-0.1, -0.05) is 64.0 Å². The summed E-state index contributed by atoms with van der Waals surface area (Å²) in [7, 11) is 3.17. The number of likely N-dealkylation sites (tertiary alicyclic amines) is 1. The van der Waals surface area contributed by atoms with Crippen LogP contribution in [0.15, 0.2) is 54.6 Å². The van der Waals surface area contributed by atoms with Crippen LogP contribution in [0.3, 0.4) is 0 Å². The summed E-state index contributed by atoms with van der Waals surface area (Å²) in [5.74, 6) is -0.319. The zero-order valence-corrected chi connectivity index (χ0v) is 26.9. The van der Waals surface area contributed by atoms with Gasteiger partial charge in [-0.15, -0.1) is 0 Å². The highest BCUT2D eigenvalue weighted by Crippen LogP contribution is 2.55. The summed E-state index contributed by atoms with van der Waals surface area (Å²) in [5, 5.41) is 6.32. The van der Waals surface area contributed by atoms with Gasteiger partial charge in [-0.3, -0.25) is 14.4 Å². The smallest absolute Gasteiger partial charge is 0.246 e. The highest BCUT2D eigenvalue weighted by atomic mass is 16.5. The average molecular weight is 616 g/mol. The quantitative estimate of drug-likeness (QED) is 0.370. The third kappa shape index (κ3) is 5.60. The number of fused-ring (bicyclic) bond motifs is 1. The number of anilines is 1. The molecular formula is C36H45N3O6. The summed E-state index contributed by atoms with van der Waals surface area (Å²) in [6, 6.07) is 12.6. The van der Waals surface area contributed by atoms with E-state index in [-0.39, 0.29) is 30.3 Å². The second-order valence-corrected chi connectivity index (χ2v) is 13.3. The monoisotopic (exact) mass is 615 g/mol. The second kappa shape index (κ2) is 12.5. The van der Waals surface area contributed by atoms with Gasteiger partial charge in [0.2, 0.25) is 17.7 Å². The van der Waals surface area contributed by atoms with Gasteiger partial charge < -0.3 is 29.7 Å². The summed E-state index contributed by atoms with van der Waals surface area (Å²) >= 11 is 0. The summed E-state index contributed by atoms with van der Waals surface area (Å²) in [5.41, 5.74) is 1.58. The van der Waals surface area contributed by atoms with Gasteiger partial charge in [0.15, 0.2) is 11.5 Å². The molecule has 1 aliphatic carbocycles. The van der Waals surface area contributed by atoms with Crippen molar-refractivity contribution in [3.05, 3.63) is 65.7 Å². The fraction of sp³-hybridized carbons (Fsp3) is 0.528. The Balaban J connectivity index is 1.28. The third-order valence-corrected chi connectivity index (χ3v) is 10.3. The molecule has 45 heavy (non-hydrogen) atoms. The van der Waals surface area contributed by atoms with E-state index >= 15 is 0 Å². The highest BCUT2D eigenvalue weighted by Gasteiger charge is 2.72. The van der Waals surface area contributed by atoms with Crippen molar-refractivity contribution in [2.24, 2.45) is 17.8 Å². The molecule has 9 heteroatoms. The molecule has 0 unspecified atom stereocenters. The molecule has 3 heterocycles. The third-order valence-electron chi connectivity index (χ3n) is 10.3. The van der Waals surface area contributed by atoms with E-state index in [9.17, 15) is 14.4 Å². The van der Waals surface area contributed by atoms with Gasteiger partial charge in [0.1, 0.15) is 11.6 Å². The molecular weight excluding hydrogens is 570 g/mol. The number of benzene rings is 2. The minimum atomic E-state index is -1.20. The normalized spacial score (nSPS) is 30.0. The van der Waals surface area contributed by atoms with Crippen molar-refractivity contribution in [2.45, 2.75) is 82.6 Å². The van der Waals surface area contributed by atoms with Crippen molar-refractivity contribution in [1.82, 2.24) is 10.2 Å². The number of ether oxygens (including phenoxy) is 3. The molecule has 3 fully saturated rings. The van der Waals surface area contributed by atoms with Gasteiger partial charge in [0, 0.05) is 18.3 Å². The molecule has 3 aliphatic heterocycles. The Morgan fingerprint density at radius 2 is 1.76 bits per heavy atom. The Labute approximate surface area is 265 Å². The number of nitrogens with one attached hydrogen (secondary N) is 2. The fourth-order valence-electron chi connectivity index (χ4n) is 7.76. The lowest BCUT2D eigenvalue weighted by atomic mass is 9.74.